The fraction of sp³-hybridized carbons (Fsp3) is 0.143. The van der Waals surface area contributed by atoms with E-state index in [2.05, 4.69) is 27.3 Å². The van der Waals surface area contributed by atoms with Crippen LogP contribution in [0.5, 0.6) is 5.75 Å². The van der Waals surface area contributed by atoms with E-state index < -0.39 is 0 Å². The predicted octanol–water partition coefficient (Wildman–Crippen LogP) is 7.11. The molecule has 0 aliphatic rings. The Labute approximate surface area is 260 Å². The van der Waals surface area contributed by atoms with Gasteiger partial charge >= 0.3 is 0 Å². The summed E-state index contributed by atoms with van der Waals surface area (Å²) in [5, 5.41) is 9.69. The number of nitrogens with zero attached hydrogens (tertiary/aromatic N) is 5. The summed E-state index contributed by atoms with van der Waals surface area (Å²) in [6.07, 6.45) is 2.19. The molecule has 0 unspecified atom stereocenters. The number of rotatable bonds is 12. The first-order valence-electron chi connectivity index (χ1n) is 14.3. The number of aromatic nitrogens is 4. The largest absolute Gasteiger partial charge is 0.497 e. The van der Waals surface area contributed by atoms with Gasteiger partial charge in [-0.1, -0.05) is 103 Å². The van der Waals surface area contributed by atoms with Crippen LogP contribution in [0.3, 0.4) is 0 Å². The Hall–Kier alpha value is -5.15. The normalized spacial score (nSPS) is 10.9. The van der Waals surface area contributed by atoms with Crippen LogP contribution in [0.1, 0.15) is 27.5 Å². The molecule has 0 saturated carbocycles. The van der Waals surface area contributed by atoms with Crippen LogP contribution in [0, 0.1) is 0 Å². The molecule has 0 bridgehead atoms. The van der Waals surface area contributed by atoms with Crippen molar-refractivity contribution in [3.05, 3.63) is 144 Å². The van der Waals surface area contributed by atoms with Crippen LogP contribution in [0.25, 0.3) is 17.1 Å². The molecule has 2 heterocycles. The summed E-state index contributed by atoms with van der Waals surface area (Å²) < 4.78 is 13.2. The molecule has 0 atom stereocenters. The number of para-hydroxylation sites is 1. The standard InChI is InChI=1S/C35H31N5O3S/c1-42-30-19-11-16-28(22-30)33-37-38-35(40(33)29-17-9-4-10-18-29)44-25-32-36-31(24-43-32)34(41)39(23-27-14-7-3-8-15-27)21-20-26-12-5-2-6-13-26/h2-19,22,24H,20-21,23,25H2,1H3. The molecule has 220 valence electrons. The third-order valence-electron chi connectivity index (χ3n) is 7.09. The highest BCUT2D eigenvalue weighted by atomic mass is 32.2. The summed E-state index contributed by atoms with van der Waals surface area (Å²) in [5.41, 5.74) is 4.32. The van der Waals surface area contributed by atoms with Gasteiger partial charge in [0.15, 0.2) is 16.7 Å². The highest BCUT2D eigenvalue weighted by Crippen LogP contribution is 2.31. The molecule has 8 nitrogen and oxygen atoms in total. The van der Waals surface area contributed by atoms with Gasteiger partial charge in [-0.25, -0.2) is 4.98 Å². The van der Waals surface area contributed by atoms with E-state index >= 15 is 0 Å². The van der Waals surface area contributed by atoms with Gasteiger partial charge in [-0.2, -0.15) is 0 Å². The summed E-state index contributed by atoms with van der Waals surface area (Å²) in [6, 6.07) is 37.8. The monoisotopic (exact) mass is 601 g/mol. The summed E-state index contributed by atoms with van der Waals surface area (Å²) in [4.78, 5) is 20.1. The van der Waals surface area contributed by atoms with Crippen LogP contribution in [-0.4, -0.2) is 44.2 Å². The number of benzene rings is 4. The summed E-state index contributed by atoms with van der Waals surface area (Å²) in [6.45, 7) is 1.04. The van der Waals surface area contributed by atoms with Crippen LogP contribution in [0.15, 0.2) is 131 Å². The highest BCUT2D eigenvalue weighted by Gasteiger charge is 2.22. The van der Waals surface area contributed by atoms with E-state index in [1.54, 1.807) is 7.11 Å². The number of ether oxygens (including phenoxy) is 1. The first-order valence-corrected chi connectivity index (χ1v) is 15.3. The molecule has 6 rings (SSSR count). The number of amides is 1. The molecule has 0 spiro atoms. The van der Waals surface area contributed by atoms with Crippen LogP contribution in [0.2, 0.25) is 0 Å². The number of hydrogen-bond donors (Lipinski definition) is 0. The number of hydrogen-bond acceptors (Lipinski definition) is 7. The first kappa shape index (κ1) is 28.9. The number of oxazole rings is 1. The van der Waals surface area contributed by atoms with E-state index in [0.717, 1.165) is 29.0 Å². The van der Waals surface area contributed by atoms with Crippen molar-refractivity contribution in [3.63, 3.8) is 0 Å². The Morgan fingerprint density at radius 3 is 2.30 bits per heavy atom. The second kappa shape index (κ2) is 13.9. The molecule has 0 radical (unpaired) electrons. The summed E-state index contributed by atoms with van der Waals surface area (Å²) >= 11 is 1.44. The summed E-state index contributed by atoms with van der Waals surface area (Å²) in [5.74, 6) is 2.07. The van der Waals surface area contributed by atoms with E-state index in [0.29, 0.717) is 35.7 Å². The zero-order valence-corrected chi connectivity index (χ0v) is 25.1. The van der Waals surface area contributed by atoms with Crippen LogP contribution < -0.4 is 4.74 Å². The molecular weight excluding hydrogens is 570 g/mol. The second-order valence-electron chi connectivity index (χ2n) is 10.1. The zero-order valence-electron chi connectivity index (χ0n) is 24.2. The number of carbonyl (C=O) groups is 1. The van der Waals surface area contributed by atoms with Gasteiger partial charge in [0.2, 0.25) is 5.89 Å². The topological polar surface area (TPSA) is 86.3 Å². The Bertz CT molecular complexity index is 1810. The molecule has 0 N–H and O–H groups in total. The lowest BCUT2D eigenvalue weighted by molar-refractivity contribution is 0.0739. The van der Waals surface area contributed by atoms with Crippen LogP contribution in [0.4, 0.5) is 0 Å². The van der Waals surface area contributed by atoms with E-state index in [4.69, 9.17) is 9.15 Å². The Morgan fingerprint density at radius 2 is 1.57 bits per heavy atom. The lowest BCUT2D eigenvalue weighted by Gasteiger charge is -2.22. The van der Waals surface area contributed by atoms with Gasteiger partial charge in [0.05, 0.1) is 12.9 Å². The Kier molecular flexibility index (Phi) is 9.13. The molecule has 0 saturated heterocycles. The second-order valence-corrected chi connectivity index (χ2v) is 11.0. The van der Waals surface area contributed by atoms with Crippen LogP contribution in [-0.2, 0) is 18.7 Å². The van der Waals surface area contributed by atoms with Crippen molar-refractivity contribution in [3.8, 4) is 22.8 Å². The minimum atomic E-state index is -0.169. The van der Waals surface area contributed by atoms with Gasteiger partial charge in [-0.05, 0) is 41.8 Å². The lowest BCUT2D eigenvalue weighted by Crippen LogP contribution is -2.32. The molecule has 4 aromatic carbocycles. The van der Waals surface area contributed by atoms with E-state index in [1.807, 2.05) is 113 Å². The van der Waals surface area contributed by atoms with Crippen molar-refractivity contribution in [2.24, 2.45) is 0 Å². The van der Waals surface area contributed by atoms with Gasteiger partial charge in [-0.15, -0.1) is 10.2 Å². The molecule has 2 aromatic heterocycles. The smallest absolute Gasteiger partial charge is 0.276 e. The maximum Gasteiger partial charge on any atom is 0.276 e. The quantitative estimate of drug-likeness (QED) is 0.138. The van der Waals surface area contributed by atoms with Gasteiger partial charge in [0, 0.05) is 24.3 Å². The van der Waals surface area contributed by atoms with Crippen molar-refractivity contribution in [2.75, 3.05) is 13.7 Å². The first-order chi connectivity index (χ1) is 21.7. The molecular formula is C35H31N5O3S. The number of carbonyl (C=O) groups excluding carboxylic acids is 1. The molecule has 0 aliphatic heterocycles. The minimum absolute atomic E-state index is 0.169. The Morgan fingerprint density at radius 1 is 0.864 bits per heavy atom. The SMILES string of the molecule is COc1cccc(-c2nnc(SCc3nc(C(=O)N(CCc4ccccc4)Cc4ccccc4)co3)n2-c2ccccc2)c1. The van der Waals surface area contributed by atoms with Gasteiger partial charge in [0.1, 0.15) is 12.0 Å². The van der Waals surface area contributed by atoms with Crippen LogP contribution >= 0.6 is 11.8 Å². The highest BCUT2D eigenvalue weighted by molar-refractivity contribution is 7.98. The van der Waals surface area contributed by atoms with E-state index in [-0.39, 0.29) is 11.6 Å². The predicted molar refractivity (Wildman–Crippen MR) is 171 cm³/mol. The van der Waals surface area contributed by atoms with Crippen molar-refractivity contribution < 1.29 is 13.9 Å². The maximum atomic E-state index is 13.7. The third kappa shape index (κ3) is 6.90. The average Bonchev–Trinajstić information content (AvgIpc) is 3.74. The zero-order chi connectivity index (χ0) is 30.1. The fourth-order valence-electron chi connectivity index (χ4n) is 4.85. The van der Waals surface area contributed by atoms with Gasteiger partial charge in [-0.3, -0.25) is 9.36 Å². The van der Waals surface area contributed by atoms with E-state index in [1.165, 1.54) is 23.6 Å². The third-order valence-corrected chi connectivity index (χ3v) is 8.00. The molecule has 1 amide bonds. The molecule has 0 fully saturated rings. The fourth-order valence-corrected chi connectivity index (χ4v) is 5.66. The lowest BCUT2D eigenvalue weighted by atomic mass is 10.1. The van der Waals surface area contributed by atoms with Crippen molar-refractivity contribution in [2.45, 2.75) is 23.9 Å². The molecule has 6 aromatic rings. The number of thioether (sulfide) groups is 1. The maximum absolute atomic E-state index is 13.7. The van der Waals surface area contributed by atoms with Crippen molar-refractivity contribution in [1.82, 2.24) is 24.6 Å². The average molecular weight is 602 g/mol. The van der Waals surface area contributed by atoms with E-state index in [9.17, 15) is 4.79 Å². The molecule has 9 heteroatoms. The summed E-state index contributed by atoms with van der Waals surface area (Å²) in [7, 11) is 1.64. The van der Waals surface area contributed by atoms with Gasteiger partial charge < -0.3 is 14.1 Å². The molecule has 0 aliphatic carbocycles. The molecule has 44 heavy (non-hydrogen) atoms. The van der Waals surface area contributed by atoms with Crippen molar-refractivity contribution >= 4 is 17.7 Å². The minimum Gasteiger partial charge on any atom is -0.497 e. The van der Waals surface area contributed by atoms with Gasteiger partial charge in [0.25, 0.3) is 5.91 Å². The van der Waals surface area contributed by atoms with Crippen molar-refractivity contribution in [1.29, 1.82) is 0 Å². The Balaban J connectivity index is 1.20. The number of methoxy groups -OCH3 is 1.